The summed E-state index contributed by atoms with van der Waals surface area (Å²) in [6, 6.07) is 7.20. The van der Waals surface area contributed by atoms with Crippen LogP contribution >= 0.6 is 11.8 Å². The number of nitrogens with zero attached hydrogens (tertiary/aromatic N) is 1. The lowest BCUT2D eigenvalue weighted by molar-refractivity contribution is -0.387. The summed E-state index contributed by atoms with van der Waals surface area (Å²) in [6.07, 6.45) is 0. The Labute approximate surface area is 112 Å². The van der Waals surface area contributed by atoms with Crippen molar-refractivity contribution in [2.75, 3.05) is 12.3 Å². The van der Waals surface area contributed by atoms with Crippen molar-refractivity contribution in [3.05, 3.63) is 46.5 Å². The number of rotatable bonds is 7. The van der Waals surface area contributed by atoms with E-state index in [2.05, 4.69) is 25.7 Å². The van der Waals surface area contributed by atoms with Gasteiger partial charge in [0.25, 0.3) is 5.69 Å². The fraction of sp³-hybridized carbons (Fsp3) is 0.385. The SMILES string of the molecule is C=C(CNC(C)C)CSc1ccccc1[N+](=O)[O-]. The third-order valence-electron chi connectivity index (χ3n) is 2.25. The number of nitrogens with one attached hydrogen (secondary N) is 1. The predicted octanol–water partition coefficient (Wildman–Crippen LogP) is 3.24. The van der Waals surface area contributed by atoms with Crippen molar-refractivity contribution in [1.82, 2.24) is 5.32 Å². The van der Waals surface area contributed by atoms with Crippen LogP contribution in [0, 0.1) is 10.1 Å². The average molecular weight is 266 g/mol. The first-order valence-corrected chi connectivity index (χ1v) is 6.75. The number of nitro groups is 1. The quantitative estimate of drug-likeness (QED) is 0.356. The van der Waals surface area contributed by atoms with Gasteiger partial charge in [-0.3, -0.25) is 10.1 Å². The standard InChI is InChI=1S/C13H18N2O2S/c1-10(2)14-8-11(3)9-18-13-7-5-4-6-12(13)15(16)17/h4-7,10,14H,3,8-9H2,1-2H3. The molecule has 18 heavy (non-hydrogen) atoms. The Morgan fingerprint density at radius 1 is 1.50 bits per heavy atom. The van der Waals surface area contributed by atoms with Crippen molar-refractivity contribution in [2.24, 2.45) is 0 Å². The van der Waals surface area contributed by atoms with E-state index >= 15 is 0 Å². The summed E-state index contributed by atoms with van der Waals surface area (Å²) in [5, 5.41) is 14.1. The third kappa shape index (κ3) is 4.89. The molecule has 0 spiro atoms. The minimum absolute atomic E-state index is 0.159. The van der Waals surface area contributed by atoms with Crippen LogP contribution in [0.4, 0.5) is 5.69 Å². The van der Waals surface area contributed by atoms with E-state index in [0.717, 1.165) is 12.1 Å². The van der Waals surface area contributed by atoms with E-state index in [1.807, 2.05) is 6.07 Å². The van der Waals surface area contributed by atoms with Gasteiger partial charge in [0.15, 0.2) is 0 Å². The molecule has 5 heteroatoms. The largest absolute Gasteiger partial charge is 0.311 e. The Bertz CT molecular complexity index is 433. The number of benzene rings is 1. The zero-order valence-corrected chi connectivity index (χ0v) is 11.5. The summed E-state index contributed by atoms with van der Waals surface area (Å²) in [4.78, 5) is 11.2. The maximum absolute atomic E-state index is 10.8. The van der Waals surface area contributed by atoms with Crippen LogP contribution in [-0.2, 0) is 0 Å². The molecular weight excluding hydrogens is 248 g/mol. The molecule has 0 aliphatic carbocycles. The highest BCUT2D eigenvalue weighted by Gasteiger charge is 2.12. The van der Waals surface area contributed by atoms with Gasteiger partial charge in [0.1, 0.15) is 0 Å². The molecule has 0 aromatic heterocycles. The Morgan fingerprint density at radius 2 is 2.17 bits per heavy atom. The summed E-state index contributed by atoms with van der Waals surface area (Å²) in [5.74, 6) is 0.685. The van der Waals surface area contributed by atoms with Gasteiger partial charge in [-0.15, -0.1) is 11.8 Å². The van der Waals surface area contributed by atoms with Gasteiger partial charge in [0.05, 0.1) is 9.82 Å². The monoisotopic (exact) mass is 266 g/mol. The molecule has 4 nitrogen and oxygen atoms in total. The highest BCUT2D eigenvalue weighted by molar-refractivity contribution is 7.99. The maximum Gasteiger partial charge on any atom is 0.282 e. The van der Waals surface area contributed by atoms with Crippen molar-refractivity contribution in [3.8, 4) is 0 Å². The molecule has 0 fully saturated rings. The van der Waals surface area contributed by atoms with Crippen LogP contribution in [0.2, 0.25) is 0 Å². The highest BCUT2D eigenvalue weighted by atomic mass is 32.2. The van der Waals surface area contributed by atoms with Crippen molar-refractivity contribution >= 4 is 17.4 Å². The molecule has 0 heterocycles. The summed E-state index contributed by atoms with van der Waals surface area (Å²) < 4.78 is 0. The fourth-order valence-electron chi connectivity index (χ4n) is 1.31. The number of hydrogen-bond donors (Lipinski definition) is 1. The molecule has 0 saturated carbocycles. The lowest BCUT2D eigenvalue weighted by Gasteiger charge is -2.10. The summed E-state index contributed by atoms with van der Waals surface area (Å²) >= 11 is 1.45. The second kappa shape index (κ2) is 7.18. The lowest BCUT2D eigenvalue weighted by Crippen LogP contribution is -2.25. The van der Waals surface area contributed by atoms with Crippen LogP contribution in [0.3, 0.4) is 0 Å². The molecule has 0 aliphatic rings. The molecule has 0 saturated heterocycles. The summed E-state index contributed by atoms with van der Waals surface area (Å²) in [6.45, 7) is 8.85. The Hall–Kier alpha value is -1.33. The first kappa shape index (κ1) is 14.7. The smallest absolute Gasteiger partial charge is 0.282 e. The zero-order valence-electron chi connectivity index (χ0n) is 10.7. The number of thioether (sulfide) groups is 1. The van der Waals surface area contributed by atoms with E-state index in [1.54, 1.807) is 12.1 Å². The number of nitro benzene ring substituents is 1. The van der Waals surface area contributed by atoms with Crippen molar-refractivity contribution in [1.29, 1.82) is 0 Å². The molecule has 0 bridgehead atoms. The van der Waals surface area contributed by atoms with Gasteiger partial charge >= 0.3 is 0 Å². The third-order valence-corrected chi connectivity index (χ3v) is 3.46. The van der Waals surface area contributed by atoms with E-state index < -0.39 is 0 Å². The predicted molar refractivity (Wildman–Crippen MR) is 76.1 cm³/mol. The minimum Gasteiger partial charge on any atom is -0.311 e. The molecular formula is C13H18N2O2S. The zero-order chi connectivity index (χ0) is 13.5. The topological polar surface area (TPSA) is 55.2 Å². The second-order valence-corrected chi connectivity index (χ2v) is 5.32. The first-order chi connectivity index (χ1) is 8.50. The van der Waals surface area contributed by atoms with Crippen molar-refractivity contribution < 1.29 is 4.92 Å². The molecule has 0 radical (unpaired) electrons. The van der Waals surface area contributed by atoms with E-state index in [-0.39, 0.29) is 10.6 Å². The molecule has 1 rings (SSSR count). The van der Waals surface area contributed by atoms with Gasteiger partial charge in [-0.2, -0.15) is 0 Å². The normalized spacial score (nSPS) is 10.6. The van der Waals surface area contributed by atoms with Gasteiger partial charge < -0.3 is 5.32 Å². The molecule has 0 atom stereocenters. The maximum atomic E-state index is 10.8. The molecule has 0 unspecified atom stereocenters. The highest BCUT2D eigenvalue weighted by Crippen LogP contribution is 2.29. The van der Waals surface area contributed by atoms with Gasteiger partial charge in [0.2, 0.25) is 0 Å². The van der Waals surface area contributed by atoms with Gasteiger partial charge in [0, 0.05) is 24.4 Å². The van der Waals surface area contributed by atoms with Gasteiger partial charge in [-0.05, 0) is 6.07 Å². The average Bonchev–Trinajstić information content (AvgIpc) is 2.34. The van der Waals surface area contributed by atoms with E-state index in [9.17, 15) is 10.1 Å². The van der Waals surface area contributed by atoms with Crippen LogP contribution in [0.5, 0.6) is 0 Å². The fourth-order valence-corrected chi connectivity index (χ4v) is 2.24. The molecule has 0 amide bonds. The first-order valence-electron chi connectivity index (χ1n) is 5.77. The molecule has 98 valence electrons. The van der Waals surface area contributed by atoms with Crippen LogP contribution in [0.25, 0.3) is 0 Å². The summed E-state index contributed by atoms with van der Waals surface area (Å²) in [5.41, 5.74) is 1.19. The Balaban J connectivity index is 2.53. The molecule has 1 aromatic carbocycles. The Kier molecular flexibility index (Phi) is 5.88. The second-order valence-electron chi connectivity index (χ2n) is 4.30. The van der Waals surface area contributed by atoms with Gasteiger partial charge in [-0.1, -0.05) is 38.1 Å². The Morgan fingerprint density at radius 3 is 2.78 bits per heavy atom. The van der Waals surface area contributed by atoms with Crippen molar-refractivity contribution in [2.45, 2.75) is 24.8 Å². The van der Waals surface area contributed by atoms with Crippen LogP contribution in [0.1, 0.15) is 13.8 Å². The molecule has 1 aromatic rings. The van der Waals surface area contributed by atoms with Crippen LogP contribution in [0.15, 0.2) is 41.3 Å². The van der Waals surface area contributed by atoms with Gasteiger partial charge in [-0.25, -0.2) is 0 Å². The lowest BCUT2D eigenvalue weighted by atomic mass is 10.3. The minimum atomic E-state index is -0.350. The number of para-hydroxylation sites is 1. The van der Waals surface area contributed by atoms with E-state index in [0.29, 0.717) is 16.7 Å². The molecule has 1 N–H and O–H groups in total. The summed E-state index contributed by atoms with van der Waals surface area (Å²) in [7, 11) is 0. The van der Waals surface area contributed by atoms with E-state index in [4.69, 9.17) is 0 Å². The van der Waals surface area contributed by atoms with Crippen LogP contribution < -0.4 is 5.32 Å². The van der Waals surface area contributed by atoms with E-state index in [1.165, 1.54) is 17.8 Å². The molecule has 0 aliphatic heterocycles. The van der Waals surface area contributed by atoms with Crippen molar-refractivity contribution in [3.63, 3.8) is 0 Å². The van der Waals surface area contributed by atoms with Crippen LogP contribution in [-0.4, -0.2) is 23.3 Å². The number of hydrogen-bond acceptors (Lipinski definition) is 4.